The molecule has 2 amide bonds. The summed E-state index contributed by atoms with van der Waals surface area (Å²) in [6.07, 6.45) is 5.04. The van der Waals surface area contributed by atoms with Crippen LogP contribution in [-0.4, -0.2) is 54.0 Å². The molecule has 0 saturated carbocycles. The summed E-state index contributed by atoms with van der Waals surface area (Å²) in [5.74, 6) is -1.69. The third kappa shape index (κ3) is 6.91. The first-order chi connectivity index (χ1) is 23.2. The molecule has 0 bridgehead atoms. The third-order valence-corrected chi connectivity index (χ3v) is 10.4. The number of methoxy groups -OCH3 is 1. The Morgan fingerprint density at radius 1 is 1.06 bits per heavy atom. The van der Waals surface area contributed by atoms with E-state index in [2.05, 4.69) is 40.9 Å². The van der Waals surface area contributed by atoms with Crippen molar-refractivity contribution in [2.45, 2.75) is 51.5 Å². The van der Waals surface area contributed by atoms with Gasteiger partial charge in [-0.3, -0.25) is 14.5 Å². The number of aromatic hydroxyl groups is 1. The molecule has 2 aliphatic heterocycles. The summed E-state index contributed by atoms with van der Waals surface area (Å²) >= 11 is 2.08. The number of halogens is 1. The van der Waals surface area contributed by atoms with E-state index < -0.39 is 31.0 Å². The van der Waals surface area contributed by atoms with Crippen LogP contribution in [0.25, 0.3) is 6.08 Å². The second kappa shape index (κ2) is 14.9. The first-order valence-electron chi connectivity index (χ1n) is 16.4. The first kappa shape index (κ1) is 34.2. The van der Waals surface area contributed by atoms with Crippen molar-refractivity contribution < 1.29 is 34.2 Å². The van der Waals surface area contributed by atoms with E-state index in [1.807, 2.05) is 48.5 Å². The van der Waals surface area contributed by atoms with Gasteiger partial charge in [-0.25, -0.2) is 0 Å². The Bertz CT molecular complexity index is 1730. The van der Waals surface area contributed by atoms with E-state index in [0.29, 0.717) is 27.8 Å². The Morgan fingerprint density at radius 3 is 2.48 bits per heavy atom. The molecule has 6 rings (SSSR count). The maximum Gasteiger partial charge on any atom is 0.455 e. The number of amides is 2. The molecule has 2 saturated heterocycles. The number of hydrogen-bond acceptors (Lipinski definition) is 8. The van der Waals surface area contributed by atoms with E-state index in [0.717, 1.165) is 40.9 Å². The van der Waals surface area contributed by atoms with Gasteiger partial charge in [0.25, 0.3) is 0 Å². The number of allylic oxidation sites excluding steroid dienone is 1. The second-order valence-corrected chi connectivity index (χ2v) is 13.8. The fourth-order valence-corrected chi connectivity index (χ4v) is 8.15. The van der Waals surface area contributed by atoms with Gasteiger partial charge in [0.2, 0.25) is 11.8 Å². The monoisotopic (exact) mass is 762 g/mol. The van der Waals surface area contributed by atoms with Crippen molar-refractivity contribution in [2.24, 2.45) is 17.8 Å². The molecule has 0 aromatic heterocycles. The van der Waals surface area contributed by atoms with Crippen molar-refractivity contribution in [3.05, 3.63) is 92.6 Å². The fourth-order valence-electron chi connectivity index (χ4n) is 7.52. The number of fused-ring (bicyclic) bond motifs is 3. The van der Waals surface area contributed by atoms with Crippen LogP contribution in [0.15, 0.2) is 83.4 Å². The molecular formula is C37H40BIN2O7. The number of phenols is 1. The molecule has 11 heteroatoms. The van der Waals surface area contributed by atoms with E-state index in [4.69, 9.17) is 9.39 Å². The summed E-state index contributed by atoms with van der Waals surface area (Å²) in [7, 11) is 0.432. The summed E-state index contributed by atoms with van der Waals surface area (Å²) in [6.45, 7) is 1.87. The molecule has 2 heterocycles. The number of carbonyl (C=O) groups is 2. The van der Waals surface area contributed by atoms with Crippen molar-refractivity contribution in [2.75, 3.05) is 23.9 Å². The number of anilines is 3. The fraction of sp³-hybridized carbons (Fsp3) is 0.351. The molecule has 4 atom stereocenters. The topological polar surface area (TPSA) is 129 Å². The predicted octanol–water partition coefficient (Wildman–Crippen LogP) is 6.71. The Balaban J connectivity index is 1.23. The number of benzene rings is 3. The highest BCUT2D eigenvalue weighted by molar-refractivity contribution is 14.1. The van der Waals surface area contributed by atoms with Crippen LogP contribution in [0.1, 0.15) is 44.6 Å². The van der Waals surface area contributed by atoms with Gasteiger partial charge >= 0.3 is 7.12 Å². The van der Waals surface area contributed by atoms with E-state index in [9.17, 15) is 24.8 Å². The highest BCUT2D eigenvalue weighted by Crippen LogP contribution is 2.51. The molecule has 2 fully saturated rings. The summed E-state index contributed by atoms with van der Waals surface area (Å²) in [5.41, 5.74) is 5.93. The van der Waals surface area contributed by atoms with Gasteiger partial charge in [0.05, 0.1) is 40.9 Å². The maximum atomic E-state index is 14.1. The summed E-state index contributed by atoms with van der Waals surface area (Å²) < 4.78 is 12.2. The van der Waals surface area contributed by atoms with E-state index in [-0.39, 0.29) is 36.9 Å². The van der Waals surface area contributed by atoms with Crippen molar-refractivity contribution in [3.63, 3.8) is 0 Å². The standard InChI is InChI=1S/C37H40BIN2O7/c1-3-7-22(16-23-17-30(39)35(43)32(18-23)47-2)10-15-31-33-24(21-42)19-28-34(29(33)20-38(46)48-31)37(45)41(36(28)44)27-13-11-26(12-14-27)40-25-8-5-4-6-9-25/h4-6,8-9,11-14,16-18,28-29,31,34,40,42-43,46H,3,7,10,15,19-21H2,1-2H3/b22-16+/t28-,29+,31-,34-/m1/s1. The zero-order chi connectivity index (χ0) is 33.9. The molecule has 1 aliphatic carbocycles. The van der Waals surface area contributed by atoms with Gasteiger partial charge in [-0.05, 0) is 126 Å². The van der Waals surface area contributed by atoms with Gasteiger partial charge in [-0.15, -0.1) is 0 Å². The minimum absolute atomic E-state index is 0.109. The normalized spacial score (nSPS) is 22.6. The van der Waals surface area contributed by atoms with Crippen LogP contribution in [0.2, 0.25) is 6.32 Å². The van der Waals surface area contributed by atoms with Crippen LogP contribution in [0, 0.1) is 21.3 Å². The zero-order valence-electron chi connectivity index (χ0n) is 27.1. The minimum atomic E-state index is -1.09. The molecule has 0 spiro atoms. The van der Waals surface area contributed by atoms with Crippen molar-refractivity contribution in [1.82, 2.24) is 0 Å². The molecule has 3 aromatic rings. The van der Waals surface area contributed by atoms with Crippen LogP contribution < -0.4 is 15.0 Å². The number of aliphatic hydroxyl groups is 1. The summed E-state index contributed by atoms with van der Waals surface area (Å²) in [4.78, 5) is 29.2. The third-order valence-electron chi connectivity index (χ3n) is 9.63. The van der Waals surface area contributed by atoms with Crippen molar-refractivity contribution >= 4 is 64.7 Å². The lowest BCUT2D eigenvalue weighted by Crippen LogP contribution is -2.46. The lowest BCUT2D eigenvalue weighted by atomic mass is 9.58. The second-order valence-electron chi connectivity index (χ2n) is 12.7. The van der Waals surface area contributed by atoms with Crippen molar-refractivity contribution in [3.8, 4) is 11.5 Å². The predicted molar refractivity (Wildman–Crippen MR) is 195 cm³/mol. The molecule has 4 N–H and O–H groups in total. The average Bonchev–Trinajstić information content (AvgIpc) is 3.34. The average molecular weight is 762 g/mol. The SMILES string of the molecule is CCC/C(=C\c1cc(I)c(O)c(OC)c1)CC[C@H]1OB(O)C[C@H]2C1=C(CO)C[C@H]1C(=O)N(c3ccc(Nc4ccccc4)cc3)C(=O)[C@H]12. The molecular weight excluding hydrogens is 722 g/mol. The molecule has 3 aliphatic rings. The highest BCUT2D eigenvalue weighted by Gasteiger charge is 2.57. The van der Waals surface area contributed by atoms with Crippen LogP contribution >= 0.6 is 22.6 Å². The smallest absolute Gasteiger partial charge is 0.455 e. The van der Waals surface area contributed by atoms with E-state index in [1.54, 1.807) is 18.2 Å². The molecule has 0 radical (unpaired) electrons. The Kier molecular flexibility index (Phi) is 10.6. The van der Waals surface area contributed by atoms with Crippen LogP contribution in [0.3, 0.4) is 0 Å². The van der Waals surface area contributed by atoms with E-state index in [1.165, 1.54) is 17.6 Å². The number of ether oxygens (including phenoxy) is 1. The van der Waals surface area contributed by atoms with Gasteiger partial charge in [0, 0.05) is 11.4 Å². The van der Waals surface area contributed by atoms with Crippen molar-refractivity contribution in [1.29, 1.82) is 0 Å². The first-order valence-corrected chi connectivity index (χ1v) is 17.5. The summed E-state index contributed by atoms with van der Waals surface area (Å²) in [5, 5.41) is 35.1. The molecule has 250 valence electrons. The number of imide groups is 1. The minimum Gasteiger partial charge on any atom is -0.504 e. The number of carbonyl (C=O) groups excluding carboxylic acids is 2. The maximum absolute atomic E-state index is 14.1. The van der Waals surface area contributed by atoms with Crippen LogP contribution in [0.4, 0.5) is 17.1 Å². The Morgan fingerprint density at radius 2 is 1.79 bits per heavy atom. The van der Waals surface area contributed by atoms with Crippen LogP contribution in [0.5, 0.6) is 11.5 Å². The number of aliphatic hydroxyl groups excluding tert-OH is 1. The number of hydrogen-bond donors (Lipinski definition) is 4. The number of phenolic OH excluding ortho intramolecular Hbond substituents is 1. The van der Waals surface area contributed by atoms with Gasteiger partial charge in [-0.2, -0.15) is 0 Å². The number of rotatable bonds is 11. The molecule has 3 aromatic carbocycles. The zero-order valence-corrected chi connectivity index (χ0v) is 29.2. The Hall–Kier alpha value is -3.65. The van der Waals surface area contributed by atoms with Gasteiger partial charge in [-0.1, -0.05) is 43.2 Å². The highest BCUT2D eigenvalue weighted by atomic mass is 127. The number of nitrogens with zero attached hydrogens (tertiary/aromatic N) is 1. The number of nitrogens with one attached hydrogen (secondary N) is 1. The van der Waals surface area contributed by atoms with Gasteiger partial charge in [0.1, 0.15) is 0 Å². The molecule has 48 heavy (non-hydrogen) atoms. The molecule has 0 unspecified atom stereocenters. The largest absolute Gasteiger partial charge is 0.504 e. The number of para-hydroxylation sites is 1. The summed E-state index contributed by atoms with van der Waals surface area (Å²) in [6, 6.07) is 20.7. The van der Waals surface area contributed by atoms with E-state index >= 15 is 0 Å². The lowest BCUT2D eigenvalue weighted by Gasteiger charge is -2.43. The quantitative estimate of drug-likeness (QED) is 0.0736. The lowest BCUT2D eigenvalue weighted by molar-refractivity contribution is -0.122. The van der Waals surface area contributed by atoms with Crippen LogP contribution in [-0.2, 0) is 14.2 Å². The Labute approximate surface area is 294 Å². The van der Waals surface area contributed by atoms with Gasteiger partial charge < -0.3 is 29.9 Å². The van der Waals surface area contributed by atoms with Gasteiger partial charge in [0.15, 0.2) is 11.5 Å². The molecule has 9 nitrogen and oxygen atoms in total.